The maximum absolute atomic E-state index is 11.1. The first-order valence-electron chi connectivity index (χ1n) is 10.7. The summed E-state index contributed by atoms with van der Waals surface area (Å²) in [5.41, 5.74) is 0.868. The molecule has 0 amide bonds. The van der Waals surface area contributed by atoms with Gasteiger partial charge in [-0.25, -0.2) is 0 Å². The Kier molecular flexibility index (Phi) is 10.2. The van der Waals surface area contributed by atoms with Gasteiger partial charge in [0.1, 0.15) is 6.10 Å². The number of rotatable bonds is 10. The van der Waals surface area contributed by atoms with Gasteiger partial charge < -0.3 is 20.1 Å². The molecule has 1 aromatic rings. The van der Waals surface area contributed by atoms with E-state index in [1.54, 1.807) is 0 Å². The van der Waals surface area contributed by atoms with Crippen LogP contribution in [0, 0.1) is 23.7 Å². The summed E-state index contributed by atoms with van der Waals surface area (Å²) in [4.78, 5) is 11.1. The molecule has 1 fully saturated rings. The molecule has 2 rings (SSSR count). The Hall–Kier alpha value is -1.87. The first-order valence-corrected chi connectivity index (χ1v) is 10.7. The lowest BCUT2D eigenvalue weighted by molar-refractivity contribution is -0.140. The van der Waals surface area contributed by atoms with Gasteiger partial charge in [-0.2, -0.15) is 0 Å². The van der Waals surface area contributed by atoms with Gasteiger partial charge in [-0.15, -0.1) is 0 Å². The van der Waals surface area contributed by atoms with Gasteiger partial charge in [0.05, 0.1) is 19.3 Å². The fraction of sp³-hybridized carbons (Fsp3) is 0.625. The molecule has 0 spiro atoms. The molecular formula is C24H34O5. The minimum absolute atomic E-state index is 0.00626. The Labute approximate surface area is 174 Å². The molecule has 0 saturated heterocycles. The Morgan fingerprint density at radius 1 is 1.07 bits per heavy atom. The van der Waals surface area contributed by atoms with Crippen molar-refractivity contribution in [3.8, 4) is 11.8 Å². The number of carbonyl (C=O) groups excluding carboxylic acids is 1. The van der Waals surface area contributed by atoms with Gasteiger partial charge >= 0.3 is 5.97 Å². The van der Waals surface area contributed by atoms with Crippen LogP contribution in [0.25, 0.3) is 0 Å². The number of hydrogen-bond donors (Lipinski definition) is 3. The van der Waals surface area contributed by atoms with Crippen molar-refractivity contribution in [1.29, 1.82) is 0 Å². The summed E-state index contributed by atoms with van der Waals surface area (Å²) in [5, 5.41) is 30.9. The summed E-state index contributed by atoms with van der Waals surface area (Å²) in [6.45, 7) is 0. The summed E-state index contributed by atoms with van der Waals surface area (Å²) in [6, 6.07) is 9.54. The van der Waals surface area contributed by atoms with Crippen LogP contribution >= 0.6 is 0 Å². The van der Waals surface area contributed by atoms with E-state index in [0.717, 1.165) is 37.7 Å². The standard InChI is InChI=1S/C24H34O5/c1-29-24(28)12-8-3-2-7-11-20-21(23(27)17-22(20)26)16-15-19(25)14-13-18-9-5-4-6-10-18/h4-6,9-10,19-23,25-27H,2-3,7-8,11-12,15-17H2,1H3/t19-,20?,21?,22-,23+/m0/s1. The molecule has 0 radical (unpaired) electrons. The Bertz CT molecular complexity index is 663. The molecule has 0 bridgehead atoms. The third-order valence-electron chi connectivity index (χ3n) is 5.85. The zero-order chi connectivity index (χ0) is 21.1. The summed E-state index contributed by atoms with van der Waals surface area (Å²) in [6.07, 6.45) is 4.83. The second-order valence-electron chi connectivity index (χ2n) is 7.96. The largest absolute Gasteiger partial charge is 0.469 e. The highest BCUT2D eigenvalue weighted by atomic mass is 16.5. The number of benzene rings is 1. The number of unbranched alkanes of at least 4 members (excludes halogenated alkanes) is 3. The highest BCUT2D eigenvalue weighted by Gasteiger charge is 2.40. The van der Waals surface area contributed by atoms with E-state index in [-0.39, 0.29) is 17.8 Å². The van der Waals surface area contributed by atoms with E-state index in [1.807, 2.05) is 30.3 Å². The van der Waals surface area contributed by atoms with E-state index in [4.69, 9.17) is 0 Å². The summed E-state index contributed by atoms with van der Waals surface area (Å²) < 4.78 is 4.64. The first kappa shape index (κ1) is 23.4. The van der Waals surface area contributed by atoms with Crippen LogP contribution in [0.4, 0.5) is 0 Å². The van der Waals surface area contributed by atoms with Crippen molar-refractivity contribution >= 4 is 5.97 Å². The molecule has 2 unspecified atom stereocenters. The molecule has 160 valence electrons. The van der Waals surface area contributed by atoms with E-state index < -0.39 is 18.3 Å². The highest BCUT2D eigenvalue weighted by molar-refractivity contribution is 5.68. The van der Waals surface area contributed by atoms with Crippen molar-refractivity contribution in [2.75, 3.05) is 7.11 Å². The molecule has 29 heavy (non-hydrogen) atoms. The first-order chi connectivity index (χ1) is 14.0. The summed E-state index contributed by atoms with van der Waals surface area (Å²) in [7, 11) is 1.40. The number of carbonyl (C=O) groups is 1. The Morgan fingerprint density at radius 2 is 1.72 bits per heavy atom. The monoisotopic (exact) mass is 402 g/mol. The van der Waals surface area contributed by atoms with Crippen molar-refractivity contribution in [2.24, 2.45) is 11.8 Å². The fourth-order valence-corrected chi connectivity index (χ4v) is 4.20. The van der Waals surface area contributed by atoms with Gasteiger partial charge in [0.25, 0.3) is 0 Å². The smallest absolute Gasteiger partial charge is 0.305 e. The van der Waals surface area contributed by atoms with E-state index in [2.05, 4.69) is 16.6 Å². The minimum Gasteiger partial charge on any atom is -0.469 e. The second-order valence-corrected chi connectivity index (χ2v) is 7.96. The van der Waals surface area contributed by atoms with Crippen LogP contribution in [0.3, 0.4) is 0 Å². The topological polar surface area (TPSA) is 87.0 Å². The lowest BCUT2D eigenvalue weighted by Crippen LogP contribution is -2.23. The molecule has 1 aromatic carbocycles. The maximum Gasteiger partial charge on any atom is 0.305 e. The predicted octanol–water partition coefficient (Wildman–Crippen LogP) is 3.05. The molecule has 0 heterocycles. The molecule has 5 atom stereocenters. The molecule has 0 aliphatic heterocycles. The van der Waals surface area contributed by atoms with Crippen molar-refractivity contribution in [3.63, 3.8) is 0 Å². The van der Waals surface area contributed by atoms with Crippen LogP contribution in [0.5, 0.6) is 0 Å². The maximum atomic E-state index is 11.1. The lowest BCUT2D eigenvalue weighted by Gasteiger charge is -2.24. The van der Waals surface area contributed by atoms with E-state index in [9.17, 15) is 20.1 Å². The van der Waals surface area contributed by atoms with Gasteiger partial charge in [-0.3, -0.25) is 4.79 Å². The van der Waals surface area contributed by atoms with Crippen LogP contribution < -0.4 is 0 Å². The fourth-order valence-electron chi connectivity index (χ4n) is 4.20. The molecule has 3 N–H and O–H groups in total. The molecular weight excluding hydrogens is 368 g/mol. The van der Waals surface area contributed by atoms with E-state index >= 15 is 0 Å². The SMILES string of the molecule is COC(=O)CCCCCCC1C(CC[C@@H](O)C#Cc2ccccc2)[C@H](O)C[C@@H]1O. The van der Waals surface area contributed by atoms with Crippen molar-refractivity contribution in [1.82, 2.24) is 0 Å². The molecule has 1 aliphatic rings. The van der Waals surface area contributed by atoms with Gasteiger partial charge in [-0.1, -0.05) is 49.3 Å². The van der Waals surface area contributed by atoms with Crippen molar-refractivity contribution < 1.29 is 24.9 Å². The molecule has 5 nitrogen and oxygen atoms in total. The number of aliphatic hydroxyl groups is 3. The molecule has 5 heteroatoms. The van der Waals surface area contributed by atoms with Crippen molar-refractivity contribution in [2.45, 2.75) is 76.1 Å². The zero-order valence-electron chi connectivity index (χ0n) is 17.3. The van der Waals surface area contributed by atoms with Crippen molar-refractivity contribution in [3.05, 3.63) is 35.9 Å². The normalized spacial score (nSPS) is 24.6. The van der Waals surface area contributed by atoms with Gasteiger partial charge in [0.2, 0.25) is 0 Å². The molecule has 0 aromatic heterocycles. The highest BCUT2D eigenvalue weighted by Crippen LogP contribution is 2.39. The van der Waals surface area contributed by atoms with Crippen LogP contribution in [0.1, 0.15) is 63.4 Å². The molecule has 1 aliphatic carbocycles. The van der Waals surface area contributed by atoms with Gasteiger partial charge in [0, 0.05) is 12.0 Å². The average molecular weight is 403 g/mol. The number of aliphatic hydroxyl groups excluding tert-OH is 3. The van der Waals surface area contributed by atoms with E-state index in [1.165, 1.54) is 7.11 Å². The minimum atomic E-state index is -0.737. The van der Waals surface area contributed by atoms with Crippen LogP contribution in [-0.4, -0.2) is 46.7 Å². The third kappa shape index (κ3) is 8.18. The van der Waals surface area contributed by atoms with Crippen LogP contribution in [0.2, 0.25) is 0 Å². The average Bonchev–Trinajstić information content (AvgIpc) is 3.00. The zero-order valence-corrected chi connectivity index (χ0v) is 17.3. The summed E-state index contributed by atoms with van der Waals surface area (Å²) >= 11 is 0. The Morgan fingerprint density at radius 3 is 2.41 bits per heavy atom. The number of ether oxygens (including phenoxy) is 1. The second kappa shape index (κ2) is 12.6. The van der Waals surface area contributed by atoms with Crippen LogP contribution in [-0.2, 0) is 9.53 Å². The number of esters is 1. The van der Waals surface area contributed by atoms with Gasteiger partial charge in [0.15, 0.2) is 0 Å². The van der Waals surface area contributed by atoms with E-state index in [0.29, 0.717) is 25.7 Å². The molecule has 1 saturated carbocycles. The predicted molar refractivity (Wildman–Crippen MR) is 112 cm³/mol. The summed E-state index contributed by atoms with van der Waals surface area (Å²) in [5.74, 6) is 5.72. The third-order valence-corrected chi connectivity index (χ3v) is 5.85. The quantitative estimate of drug-likeness (QED) is 0.318. The Balaban J connectivity index is 1.74. The number of methoxy groups -OCH3 is 1. The van der Waals surface area contributed by atoms with Crippen LogP contribution in [0.15, 0.2) is 30.3 Å². The van der Waals surface area contributed by atoms with Gasteiger partial charge in [-0.05, 0) is 56.1 Å². The number of hydrogen-bond acceptors (Lipinski definition) is 5. The lowest BCUT2D eigenvalue weighted by atomic mass is 9.85.